The van der Waals surface area contributed by atoms with Gasteiger partial charge in [0.25, 0.3) is 10.1 Å². The smallest absolute Gasteiger partial charge is 1.00 e. The van der Waals surface area contributed by atoms with E-state index in [1.807, 2.05) is 0 Å². The van der Waals surface area contributed by atoms with E-state index in [2.05, 4.69) is 0 Å². The molecule has 7 heteroatoms. The molecule has 1 aromatic rings. The first kappa shape index (κ1) is 13.7. The van der Waals surface area contributed by atoms with Crippen LogP contribution in [0.15, 0.2) is 18.2 Å². The number of benzene rings is 1. The molecule has 0 aromatic heterocycles. The SMILES string of the molecule is O=S(=O)(O)Cc1ccc(O)c(O)c1.[H-].[Na+]. The molecule has 1 aromatic carbocycles. The van der Waals surface area contributed by atoms with Gasteiger partial charge in [0.05, 0.1) is 0 Å². The summed E-state index contributed by atoms with van der Waals surface area (Å²) >= 11 is 0. The van der Waals surface area contributed by atoms with Gasteiger partial charge in [-0.1, -0.05) is 6.07 Å². The van der Waals surface area contributed by atoms with E-state index in [0.29, 0.717) is 0 Å². The summed E-state index contributed by atoms with van der Waals surface area (Å²) in [7, 11) is -4.10. The Kier molecular flexibility index (Phi) is 4.90. The van der Waals surface area contributed by atoms with Crippen LogP contribution in [0.1, 0.15) is 6.99 Å². The van der Waals surface area contributed by atoms with Crippen LogP contribution in [0, 0.1) is 0 Å². The number of phenolic OH excluding ortho intramolecular Hbond substituents is 2. The van der Waals surface area contributed by atoms with Gasteiger partial charge in [0.1, 0.15) is 5.75 Å². The maximum atomic E-state index is 10.4. The number of aromatic hydroxyl groups is 2. The van der Waals surface area contributed by atoms with E-state index < -0.39 is 21.6 Å². The molecule has 0 aliphatic heterocycles. The number of phenols is 2. The van der Waals surface area contributed by atoms with Crippen molar-refractivity contribution in [1.82, 2.24) is 0 Å². The second-order valence-electron chi connectivity index (χ2n) is 2.55. The van der Waals surface area contributed by atoms with Gasteiger partial charge in [0, 0.05) is 0 Å². The summed E-state index contributed by atoms with van der Waals surface area (Å²) in [6.45, 7) is 0. The average Bonchev–Trinajstić information content (AvgIpc) is 1.94. The van der Waals surface area contributed by atoms with Crippen LogP contribution in [-0.2, 0) is 15.9 Å². The van der Waals surface area contributed by atoms with E-state index >= 15 is 0 Å². The second-order valence-corrected chi connectivity index (χ2v) is 4.00. The maximum absolute atomic E-state index is 10.4. The molecule has 1 rings (SSSR count). The van der Waals surface area contributed by atoms with Gasteiger partial charge in [0.15, 0.2) is 11.5 Å². The zero-order chi connectivity index (χ0) is 10.1. The molecule has 0 unspecified atom stereocenters. The standard InChI is InChI=1S/C7H8O5S.Na.H/c8-6-2-1-5(3-7(6)9)4-13(10,11)12;;/h1-3,8-9H,4H2,(H,10,11,12);;/q;+1;-1. The fourth-order valence-electron chi connectivity index (χ4n) is 0.869. The molecule has 0 amide bonds. The molecule has 0 aliphatic carbocycles. The fourth-order valence-corrected chi connectivity index (χ4v) is 1.47. The third kappa shape index (κ3) is 4.30. The van der Waals surface area contributed by atoms with Crippen LogP contribution in [0.2, 0.25) is 0 Å². The first-order valence-corrected chi connectivity index (χ1v) is 4.95. The first-order valence-electron chi connectivity index (χ1n) is 3.34. The Morgan fingerprint density at radius 1 is 1.21 bits per heavy atom. The minimum Gasteiger partial charge on any atom is -1.00 e. The topological polar surface area (TPSA) is 94.8 Å². The Bertz CT molecular complexity index is 419. The van der Waals surface area contributed by atoms with E-state index in [0.717, 1.165) is 12.1 Å². The monoisotopic (exact) mass is 228 g/mol. The minimum absolute atomic E-state index is 0. The summed E-state index contributed by atoms with van der Waals surface area (Å²) in [5.74, 6) is -1.33. The Morgan fingerprint density at radius 2 is 1.79 bits per heavy atom. The van der Waals surface area contributed by atoms with Gasteiger partial charge in [-0.3, -0.25) is 4.55 Å². The molecule has 0 atom stereocenters. The zero-order valence-corrected chi connectivity index (χ0v) is 10.3. The molecule has 0 heterocycles. The number of rotatable bonds is 2. The van der Waals surface area contributed by atoms with Crippen molar-refractivity contribution in [2.75, 3.05) is 0 Å². The summed E-state index contributed by atoms with van der Waals surface area (Å²) in [5, 5.41) is 17.9. The van der Waals surface area contributed by atoms with Gasteiger partial charge in [-0.15, -0.1) is 0 Å². The predicted octanol–water partition coefficient (Wildman–Crippen LogP) is -2.40. The van der Waals surface area contributed by atoms with Crippen LogP contribution in [0.4, 0.5) is 0 Å². The van der Waals surface area contributed by atoms with Crippen LogP contribution in [-0.4, -0.2) is 23.2 Å². The van der Waals surface area contributed by atoms with Gasteiger partial charge < -0.3 is 11.6 Å². The molecule has 0 radical (unpaired) electrons. The third-order valence-corrected chi connectivity index (χ3v) is 2.09. The molecular formula is C7H9NaO5S. The molecule has 5 nitrogen and oxygen atoms in total. The summed E-state index contributed by atoms with van der Waals surface area (Å²) in [5.41, 5.74) is 0.206. The van der Waals surface area contributed by atoms with Crippen molar-refractivity contribution in [3.63, 3.8) is 0 Å². The van der Waals surface area contributed by atoms with E-state index in [1.54, 1.807) is 0 Å². The Hall–Kier alpha value is -0.270. The molecule has 0 saturated carbocycles. The Balaban J connectivity index is 0. The Morgan fingerprint density at radius 3 is 2.21 bits per heavy atom. The average molecular weight is 228 g/mol. The molecule has 3 N–H and O–H groups in total. The predicted molar refractivity (Wildman–Crippen MR) is 46.1 cm³/mol. The Labute approximate surface area is 105 Å². The third-order valence-electron chi connectivity index (χ3n) is 1.39. The second kappa shape index (κ2) is 4.99. The molecule has 0 spiro atoms. The van der Waals surface area contributed by atoms with Crippen molar-refractivity contribution in [2.45, 2.75) is 5.75 Å². The molecule has 0 saturated heterocycles. The molecule has 74 valence electrons. The molecule has 0 bridgehead atoms. The van der Waals surface area contributed by atoms with Crippen molar-refractivity contribution >= 4 is 10.1 Å². The van der Waals surface area contributed by atoms with Crippen molar-refractivity contribution in [2.24, 2.45) is 0 Å². The van der Waals surface area contributed by atoms with E-state index in [-0.39, 0.29) is 42.3 Å². The number of hydrogen-bond acceptors (Lipinski definition) is 4. The summed E-state index contributed by atoms with van der Waals surface area (Å²) in [6.07, 6.45) is 0. The zero-order valence-electron chi connectivity index (χ0n) is 8.51. The molecule has 14 heavy (non-hydrogen) atoms. The van der Waals surface area contributed by atoms with Crippen molar-refractivity contribution in [1.29, 1.82) is 0 Å². The normalized spacial score (nSPS) is 10.6. The van der Waals surface area contributed by atoms with Gasteiger partial charge in [0.2, 0.25) is 0 Å². The molecule has 0 aliphatic rings. The summed E-state index contributed by atoms with van der Waals surface area (Å²) < 4.78 is 29.3. The maximum Gasteiger partial charge on any atom is 1.00 e. The number of hydrogen-bond donors (Lipinski definition) is 3. The largest absolute Gasteiger partial charge is 1.00 e. The van der Waals surface area contributed by atoms with Crippen molar-refractivity contribution in [3.05, 3.63) is 23.8 Å². The van der Waals surface area contributed by atoms with E-state index in [1.165, 1.54) is 6.07 Å². The quantitative estimate of drug-likeness (QED) is 0.298. The minimum atomic E-state index is -4.10. The summed E-state index contributed by atoms with van der Waals surface area (Å²) in [6, 6.07) is 3.52. The van der Waals surface area contributed by atoms with Crippen LogP contribution in [0.3, 0.4) is 0 Å². The van der Waals surface area contributed by atoms with Gasteiger partial charge in [-0.05, 0) is 17.7 Å². The van der Waals surface area contributed by atoms with Crippen LogP contribution in [0.25, 0.3) is 0 Å². The van der Waals surface area contributed by atoms with Gasteiger partial charge in [-0.2, -0.15) is 8.42 Å². The van der Waals surface area contributed by atoms with Crippen LogP contribution in [0.5, 0.6) is 11.5 Å². The van der Waals surface area contributed by atoms with Crippen LogP contribution < -0.4 is 29.6 Å². The van der Waals surface area contributed by atoms with E-state index in [9.17, 15) is 8.42 Å². The molecule has 0 fully saturated rings. The van der Waals surface area contributed by atoms with Crippen molar-refractivity contribution in [3.8, 4) is 11.5 Å². The van der Waals surface area contributed by atoms with Gasteiger partial charge in [-0.25, -0.2) is 0 Å². The fraction of sp³-hybridized carbons (Fsp3) is 0.143. The first-order chi connectivity index (χ1) is 5.88. The summed E-state index contributed by atoms with van der Waals surface area (Å²) in [4.78, 5) is 0. The van der Waals surface area contributed by atoms with Gasteiger partial charge >= 0.3 is 29.6 Å². The molecular weight excluding hydrogens is 219 g/mol. The van der Waals surface area contributed by atoms with E-state index in [4.69, 9.17) is 14.8 Å². The van der Waals surface area contributed by atoms with Crippen molar-refractivity contribution < 1.29 is 54.2 Å². The van der Waals surface area contributed by atoms with Crippen LogP contribution >= 0.6 is 0 Å².